The smallest absolute Gasteiger partial charge is 0.326 e. The number of rotatable bonds is 5. The summed E-state index contributed by atoms with van der Waals surface area (Å²) in [6.07, 6.45) is 0. The Morgan fingerprint density at radius 2 is 1.83 bits per heavy atom. The van der Waals surface area contributed by atoms with Crippen LogP contribution < -0.4 is 9.77 Å². The van der Waals surface area contributed by atoms with Gasteiger partial charge in [-0.3, -0.25) is 23.7 Å². The first-order valence-corrected chi connectivity index (χ1v) is 13.5. The van der Waals surface area contributed by atoms with Gasteiger partial charge in [-0.05, 0) is 43.7 Å². The number of aryl methyl sites for hydroxylation is 1. The molecule has 0 bridgehead atoms. The summed E-state index contributed by atoms with van der Waals surface area (Å²) >= 11 is 5.71. The fraction of sp³-hybridized carbons (Fsp3) is 0.280. The fourth-order valence-corrected chi connectivity index (χ4v) is 7.79. The third-order valence-electron chi connectivity index (χ3n) is 6.14. The van der Waals surface area contributed by atoms with E-state index in [1.54, 1.807) is 19.1 Å². The molecule has 1 saturated heterocycles. The van der Waals surface area contributed by atoms with E-state index < -0.39 is 23.1 Å². The maximum atomic E-state index is 13.8. The number of aromatic nitrogens is 1. The van der Waals surface area contributed by atoms with Crippen LogP contribution in [0.1, 0.15) is 28.8 Å². The van der Waals surface area contributed by atoms with Gasteiger partial charge >= 0.3 is 10.8 Å². The normalized spacial score (nSPS) is 21.1. The Labute approximate surface area is 218 Å². The Bertz CT molecular complexity index is 1400. The fourth-order valence-electron chi connectivity index (χ4n) is 4.60. The van der Waals surface area contributed by atoms with Crippen molar-refractivity contribution in [3.05, 3.63) is 78.7 Å². The van der Waals surface area contributed by atoms with Crippen molar-refractivity contribution in [2.75, 3.05) is 11.5 Å². The molecule has 1 fully saturated rings. The summed E-state index contributed by atoms with van der Waals surface area (Å²) in [6, 6.07) is 14.8. The Hall–Kier alpha value is -2.69. The molecule has 0 aliphatic carbocycles. The van der Waals surface area contributed by atoms with E-state index in [9.17, 15) is 19.2 Å². The number of anilines is 1. The van der Waals surface area contributed by atoms with Crippen LogP contribution in [0.5, 0.6) is 0 Å². The number of amides is 2. The number of hydrogen-bond donors (Lipinski definition) is 0. The number of carbonyl (C=O) groups excluding carboxylic acids is 3. The van der Waals surface area contributed by atoms with Crippen LogP contribution in [-0.4, -0.2) is 34.2 Å². The molecule has 3 aromatic rings. The van der Waals surface area contributed by atoms with Crippen LogP contribution in [0.15, 0.2) is 62.8 Å². The number of thioether (sulfide) groups is 1. The Morgan fingerprint density at radius 1 is 1.09 bits per heavy atom. The monoisotopic (exact) mass is 572 g/mol. The van der Waals surface area contributed by atoms with Crippen LogP contribution in [-0.2, 0) is 25.7 Å². The molecule has 0 spiro atoms. The lowest BCUT2D eigenvalue weighted by Crippen LogP contribution is -2.32. The average molecular weight is 573 g/mol. The van der Waals surface area contributed by atoms with Crippen LogP contribution in [0.4, 0.5) is 5.69 Å². The molecule has 1 aromatic heterocycles. The summed E-state index contributed by atoms with van der Waals surface area (Å²) in [5.41, 5.74) is 2.38. The Kier molecular flexibility index (Phi) is 6.45. The van der Waals surface area contributed by atoms with E-state index in [1.165, 1.54) is 21.2 Å². The third-order valence-corrected chi connectivity index (χ3v) is 9.24. The Morgan fingerprint density at radius 3 is 2.51 bits per heavy atom. The zero-order chi connectivity index (χ0) is 24.9. The molecule has 0 saturated carbocycles. The number of ether oxygens (including phenoxy) is 1. The molecule has 2 aliphatic heterocycles. The van der Waals surface area contributed by atoms with E-state index in [0.29, 0.717) is 15.6 Å². The first-order chi connectivity index (χ1) is 16.8. The Balaban J connectivity index is 1.65. The molecule has 2 aliphatic rings. The lowest BCUT2D eigenvalue weighted by molar-refractivity contribution is -0.144. The zero-order valence-corrected chi connectivity index (χ0v) is 22.1. The zero-order valence-electron chi connectivity index (χ0n) is 18.9. The predicted molar refractivity (Wildman–Crippen MR) is 138 cm³/mol. The predicted octanol–water partition coefficient (Wildman–Crippen LogP) is 4.34. The SMILES string of the molecule is CCOC(=O)Cn1c2c(sc1=O)[C@H](c1cccc(Br)c1)C1C(=O)N(c3ccc(C)cc3)C(=O)C1S2. The molecule has 2 unspecified atom stereocenters. The molecule has 0 N–H and O–H groups in total. The van der Waals surface area contributed by atoms with Gasteiger partial charge in [0.05, 0.1) is 23.2 Å². The number of imide groups is 1. The van der Waals surface area contributed by atoms with Gasteiger partial charge in [0.25, 0.3) is 0 Å². The van der Waals surface area contributed by atoms with E-state index in [-0.39, 0.29) is 29.8 Å². The third kappa shape index (κ3) is 4.17. The summed E-state index contributed by atoms with van der Waals surface area (Å²) in [7, 11) is 0. The number of benzene rings is 2. The van der Waals surface area contributed by atoms with Gasteiger partial charge in [-0.2, -0.15) is 0 Å². The van der Waals surface area contributed by atoms with Crippen molar-refractivity contribution in [3.8, 4) is 0 Å². The highest BCUT2D eigenvalue weighted by atomic mass is 79.9. The van der Waals surface area contributed by atoms with Crippen molar-refractivity contribution in [1.82, 2.24) is 4.57 Å². The largest absolute Gasteiger partial charge is 0.465 e. The summed E-state index contributed by atoms with van der Waals surface area (Å²) < 4.78 is 7.26. The van der Waals surface area contributed by atoms with Crippen molar-refractivity contribution < 1.29 is 19.1 Å². The standard InChI is InChI=1S/C25H21BrN2O5S2/c1-3-33-17(29)12-27-24-21(35-25(27)32)18(14-5-4-6-15(26)11-14)19-20(34-24)23(31)28(22(19)30)16-9-7-13(2)8-10-16/h4-11,18-20H,3,12H2,1-2H3/t18-,19?,20?/m1/s1. The molecule has 7 nitrogen and oxygen atoms in total. The van der Waals surface area contributed by atoms with Gasteiger partial charge in [0.1, 0.15) is 11.8 Å². The van der Waals surface area contributed by atoms with Gasteiger partial charge < -0.3 is 4.74 Å². The second-order valence-corrected chi connectivity index (χ2v) is 11.4. The second-order valence-electron chi connectivity index (χ2n) is 8.37. The van der Waals surface area contributed by atoms with Crippen molar-refractivity contribution in [3.63, 3.8) is 0 Å². The minimum Gasteiger partial charge on any atom is -0.465 e. The molecule has 3 atom stereocenters. The maximum absolute atomic E-state index is 13.8. The number of hydrogen-bond acceptors (Lipinski definition) is 7. The minimum absolute atomic E-state index is 0.205. The van der Waals surface area contributed by atoms with E-state index in [1.807, 2.05) is 43.3 Å². The van der Waals surface area contributed by atoms with Crippen molar-refractivity contribution in [1.29, 1.82) is 0 Å². The lowest BCUT2D eigenvalue weighted by atomic mass is 9.83. The minimum atomic E-state index is -0.720. The highest BCUT2D eigenvalue weighted by Crippen LogP contribution is 2.54. The number of halogens is 1. The number of thiazole rings is 1. The van der Waals surface area contributed by atoms with Crippen LogP contribution in [0.25, 0.3) is 0 Å². The number of carbonyl (C=O) groups is 3. The molecule has 3 heterocycles. The quantitative estimate of drug-likeness (QED) is 0.334. The molecule has 2 amide bonds. The average Bonchev–Trinajstić information content (AvgIpc) is 3.26. The van der Waals surface area contributed by atoms with Gasteiger partial charge in [-0.25, -0.2) is 4.90 Å². The van der Waals surface area contributed by atoms with Crippen LogP contribution in [0, 0.1) is 12.8 Å². The first kappa shape index (κ1) is 24.0. The molecular weight excluding hydrogens is 552 g/mol. The maximum Gasteiger partial charge on any atom is 0.326 e. The molecular formula is C25H21BrN2O5S2. The summed E-state index contributed by atoms with van der Waals surface area (Å²) in [6.45, 7) is 3.61. The molecule has 2 aromatic carbocycles. The van der Waals surface area contributed by atoms with Crippen molar-refractivity contribution >= 4 is 62.5 Å². The van der Waals surface area contributed by atoms with E-state index in [4.69, 9.17) is 4.74 Å². The van der Waals surface area contributed by atoms with E-state index in [2.05, 4.69) is 15.9 Å². The first-order valence-electron chi connectivity index (χ1n) is 11.1. The van der Waals surface area contributed by atoms with Gasteiger partial charge in [0, 0.05) is 15.3 Å². The van der Waals surface area contributed by atoms with Crippen molar-refractivity contribution in [2.24, 2.45) is 5.92 Å². The molecule has 5 rings (SSSR count). The molecule has 35 heavy (non-hydrogen) atoms. The summed E-state index contributed by atoms with van der Waals surface area (Å²) in [5, 5.41) is -0.172. The number of esters is 1. The number of nitrogens with zero attached hydrogens (tertiary/aromatic N) is 2. The topological polar surface area (TPSA) is 85.7 Å². The highest BCUT2D eigenvalue weighted by Gasteiger charge is 2.56. The van der Waals surface area contributed by atoms with Gasteiger partial charge in [0.2, 0.25) is 11.8 Å². The van der Waals surface area contributed by atoms with Gasteiger partial charge in [-0.1, -0.05) is 68.9 Å². The van der Waals surface area contributed by atoms with Gasteiger partial charge in [-0.15, -0.1) is 0 Å². The van der Waals surface area contributed by atoms with E-state index >= 15 is 0 Å². The van der Waals surface area contributed by atoms with E-state index in [0.717, 1.165) is 26.9 Å². The molecule has 0 radical (unpaired) electrons. The van der Waals surface area contributed by atoms with Gasteiger partial charge in [0.15, 0.2) is 0 Å². The van der Waals surface area contributed by atoms with Crippen LogP contribution in [0.3, 0.4) is 0 Å². The lowest BCUT2D eigenvalue weighted by Gasteiger charge is -2.30. The highest BCUT2D eigenvalue weighted by molar-refractivity contribution is 9.10. The van der Waals surface area contributed by atoms with Crippen LogP contribution >= 0.6 is 39.0 Å². The molecule has 10 heteroatoms. The van der Waals surface area contributed by atoms with Crippen LogP contribution in [0.2, 0.25) is 0 Å². The van der Waals surface area contributed by atoms with Crippen molar-refractivity contribution in [2.45, 2.75) is 36.6 Å². The summed E-state index contributed by atoms with van der Waals surface area (Å²) in [4.78, 5) is 54.3. The second kappa shape index (κ2) is 9.40. The molecule has 180 valence electrons. The summed E-state index contributed by atoms with van der Waals surface area (Å²) in [5.74, 6) is -2.30. The number of fused-ring (bicyclic) bond motifs is 2.